The van der Waals surface area contributed by atoms with Gasteiger partial charge in [0.15, 0.2) is 16.4 Å². The Morgan fingerprint density at radius 1 is 0.897 bits per heavy atom. The molecule has 0 fully saturated rings. The number of ether oxygens (including phenoxy) is 1. The lowest BCUT2D eigenvalue weighted by Crippen LogP contribution is -2.30. The Bertz CT molecular complexity index is 1040. The minimum Gasteiger partial charge on any atom is -0.484 e. The van der Waals surface area contributed by atoms with E-state index in [2.05, 4.69) is 5.32 Å². The van der Waals surface area contributed by atoms with Crippen molar-refractivity contribution in [3.05, 3.63) is 48.5 Å². The highest BCUT2D eigenvalue weighted by Gasteiger charge is 2.21. The van der Waals surface area contributed by atoms with Crippen molar-refractivity contribution >= 4 is 31.5 Å². The molecule has 0 spiro atoms. The van der Waals surface area contributed by atoms with Gasteiger partial charge in [0, 0.05) is 25.0 Å². The van der Waals surface area contributed by atoms with Gasteiger partial charge in [0.2, 0.25) is 10.0 Å². The van der Waals surface area contributed by atoms with E-state index in [-0.39, 0.29) is 16.4 Å². The van der Waals surface area contributed by atoms with Crippen molar-refractivity contribution in [3.63, 3.8) is 0 Å². The number of benzene rings is 2. The number of anilines is 1. The fourth-order valence-electron chi connectivity index (χ4n) is 2.55. The molecule has 8 nitrogen and oxygen atoms in total. The molecule has 0 heterocycles. The molecule has 0 bridgehead atoms. The van der Waals surface area contributed by atoms with Crippen LogP contribution >= 0.6 is 0 Å². The highest BCUT2D eigenvalue weighted by Crippen LogP contribution is 2.19. The summed E-state index contributed by atoms with van der Waals surface area (Å²) in [6.45, 7) is 4.01. The largest absolute Gasteiger partial charge is 0.484 e. The second-order valence-electron chi connectivity index (χ2n) is 6.19. The van der Waals surface area contributed by atoms with Crippen molar-refractivity contribution in [1.82, 2.24) is 4.31 Å². The molecule has 2 aromatic carbocycles. The molecule has 0 saturated heterocycles. The summed E-state index contributed by atoms with van der Waals surface area (Å²) in [6, 6.07) is 11.6. The number of sulfonamides is 1. The molecule has 0 saturated carbocycles. The number of carbonyl (C=O) groups excluding carboxylic acids is 1. The highest BCUT2D eigenvalue weighted by atomic mass is 32.2. The van der Waals surface area contributed by atoms with Gasteiger partial charge in [0.05, 0.1) is 9.79 Å². The first-order valence-electron chi connectivity index (χ1n) is 8.91. The number of rotatable bonds is 9. The molecular formula is C19H24N2O6S2. The molecule has 0 aliphatic rings. The molecule has 0 aliphatic heterocycles. The van der Waals surface area contributed by atoms with Gasteiger partial charge in [-0.1, -0.05) is 13.8 Å². The maximum Gasteiger partial charge on any atom is 0.262 e. The predicted octanol–water partition coefficient (Wildman–Crippen LogP) is 2.14. The topological polar surface area (TPSA) is 110 Å². The van der Waals surface area contributed by atoms with Crippen molar-refractivity contribution < 1.29 is 26.4 Å². The fourth-order valence-corrected chi connectivity index (χ4v) is 4.64. The summed E-state index contributed by atoms with van der Waals surface area (Å²) in [7, 11) is -6.85. The summed E-state index contributed by atoms with van der Waals surface area (Å²) in [4.78, 5) is 12.4. The van der Waals surface area contributed by atoms with E-state index in [1.54, 1.807) is 13.8 Å². The van der Waals surface area contributed by atoms with Crippen molar-refractivity contribution in [2.45, 2.75) is 23.6 Å². The minimum atomic E-state index is -3.55. The van der Waals surface area contributed by atoms with Crippen LogP contribution in [-0.4, -0.2) is 53.0 Å². The molecule has 1 amide bonds. The zero-order chi connectivity index (χ0) is 21.7. The third-order valence-corrected chi connectivity index (χ3v) is 7.30. The molecule has 29 heavy (non-hydrogen) atoms. The summed E-state index contributed by atoms with van der Waals surface area (Å²) >= 11 is 0. The summed E-state index contributed by atoms with van der Waals surface area (Å²) < 4.78 is 54.4. The van der Waals surface area contributed by atoms with E-state index in [9.17, 15) is 21.6 Å². The molecule has 10 heteroatoms. The van der Waals surface area contributed by atoms with Crippen molar-refractivity contribution in [2.24, 2.45) is 0 Å². The maximum absolute atomic E-state index is 12.5. The number of sulfone groups is 1. The predicted molar refractivity (Wildman–Crippen MR) is 110 cm³/mol. The van der Waals surface area contributed by atoms with E-state index in [0.717, 1.165) is 6.26 Å². The highest BCUT2D eigenvalue weighted by molar-refractivity contribution is 7.90. The molecule has 0 aliphatic carbocycles. The van der Waals surface area contributed by atoms with Gasteiger partial charge in [-0.2, -0.15) is 4.31 Å². The Hall–Kier alpha value is -2.43. The second kappa shape index (κ2) is 9.38. The zero-order valence-electron chi connectivity index (χ0n) is 16.5. The van der Waals surface area contributed by atoms with Crippen molar-refractivity contribution in [3.8, 4) is 5.75 Å². The minimum absolute atomic E-state index is 0.154. The van der Waals surface area contributed by atoms with Gasteiger partial charge in [-0.05, 0) is 48.5 Å². The number of hydrogen-bond donors (Lipinski definition) is 1. The van der Waals surface area contributed by atoms with Crippen molar-refractivity contribution in [1.29, 1.82) is 0 Å². The quantitative estimate of drug-likeness (QED) is 0.640. The smallest absolute Gasteiger partial charge is 0.262 e. The van der Waals surface area contributed by atoms with E-state index < -0.39 is 25.8 Å². The number of hydrogen-bond acceptors (Lipinski definition) is 6. The number of carbonyl (C=O) groups is 1. The van der Waals surface area contributed by atoms with E-state index >= 15 is 0 Å². The molecule has 2 rings (SSSR count). The average Bonchev–Trinajstić information content (AvgIpc) is 2.67. The fraction of sp³-hybridized carbons (Fsp3) is 0.316. The van der Waals surface area contributed by atoms with Crippen LogP contribution in [-0.2, 0) is 24.7 Å². The summed E-state index contributed by atoms with van der Waals surface area (Å²) in [6.07, 6.45) is 1.11. The van der Waals surface area contributed by atoms with Crippen LogP contribution in [0, 0.1) is 0 Å². The molecule has 0 radical (unpaired) electrons. The van der Waals surface area contributed by atoms with Crippen molar-refractivity contribution in [2.75, 3.05) is 31.3 Å². The molecule has 158 valence electrons. The third-order valence-electron chi connectivity index (χ3n) is 4.10. The lowest BCUT2D eigenvalue weighted by Gasteiger charge is -2.18. The van der Waals surface area contributed by atoms with Gasteiger partial charge in [-0.25, -0.2) is 16.8 Å². The van der Waals surface area contributed by atoms with E-state index in [4.69, 9.17) is 4.74 Å². The number of nitrogens with zero attached hydrogens (tertiary/aromatic N) is 1. The van der Waals surface area contributed by atoms with E-state index in [0.29, 0.717) is 24.5 Å². The van der Waals surface area contributed by atoms with Crippen LogP contribution in [0.5, 0.6) is 5.75 Å². The second-order valence-corrected chi connectivity index (χ2v) is 10.1. The lowest BCUT2D eigenvalue weighted by atomic mass is 10.3. The Kier molecular flexibility index (Phi) is 7.39. The van der Waals surface area contributed by atoms with Crippen LogP contribution in [0.3, 0.4) is 0 Å². The SMILES string of the molecule is CCN(CC)S(=O)(=O)c1ccc(NC(=O)COc2ccc(S(C)(=O)=O)cc2)cc1. The number of amides is 1. The van der Waals surface area contributed by atoms with E-state index in [1.165, 1.54) is 52.8 Å². The first-order chi connectivity index (χ1) is 13.6. The molecular weight excluding hydrogens is 416 g/mol. The Morgan fingerprint density at radius 2 is 1.41 bits per heavy atom. The van der Waals surface area contributed by atoms with Gasteiger partial charge >= 0.3 is 0 Å². The van der Waals surface area contributed by atoms with Crippen LogP contribution in [0.2, 0.25) is 0 Å². The molecule has 2 aromatic rings. The first-order valence-corrected chi connectivity index (χ1v) is 12.2. The van der Waals surface area contributed by atoms with Crippen LogP contribution in [0.15, 0.2) is 58.3 Å². The normalized spacial score (nSPS) is 12.0. The summed E-state index contributed by atoms with van der Waals surface area (Å²) in [5.74, 6) is -0.0789. The molecule has 0 atom stereocenters. The first kappa shape index (κ1) is 22.9. The van der Waals surface area contributed by atoms with Gasteiger partial charge in [-0.3, -0.25) is 4.79 Å². The maximum atomic E-state index is 12.5. The van der Waals surface area contributed by atoms with Gasteiger partial charge in [-0.15, -0.1) is 0 Å². The van der Waals surface area contributed by atoms with Gasteiger partial charge in [0.1, 0.15) is 5.75 Å². The molecule has 0 unspecified atom stereocenters. The van der Waals surface area contributed by atoms with E-state index in [1.807, 2.05) is 0 Å². The molecule has 0 aromatic heterocycles. The lowest BCUT2D eigenvalue weighted by molar-refractivity contribution is -0.118. The van der Waals surface area contributed by atoms with Gasteiger partial charge < -0.3 is 10.1 Å². The van der Waals surface area contributed by atoms with Crippen LogP contribution < -0.4 is 10.1 Å². The average molecular weight is 441 g/mol. The summed E-state index contributed by atoms with van der Waals surface area (Å²) in [5.41, 5.74) is 0.435. The van der Waals surface area contributed by atoms with Gasteiger partial charge in [0.25, 0.3) is 5.91 Å². The summed E-state index contributed by atoms with van der Waals surface area (Å²) in [5, 5.41) is 2.62. The Balaban J connectivity index is 1.96. The monoisotopic (exact) mass is 440 g/mol. The standard InChI is InChI=1S/C19H24N2O6S2/c1-4-21(5-2)29(25,26)18-10-6-15(7-11-18)20-19(22)14-27-16-8-12-17(13-9-16)28(3,23)24/h6-13H,4-5,14H2,1-3H3,(H,20,22). The Labute approximate surface area is 171 Å². The third kappa shape index (κ3) is 6.02. The Morgan fingerprint density at radius 3 is 1.90 bits per heavy atom. The van der Waals surface area contributed by atoms with Crippen LogP contribution in [0.1, 0.15) is 13.8 Å². The number of nitrogens with one attached hydrogen (secondary N) is 1. The van der Waals surface area contributed by atoms with Crippen LogP contribution in [0.25, 0.3) is 0 Å². The van der Waals surface area contributed by atoms with Crippen LogP contribution in [0.4, 0.5) is 5.69 Å². The zero-order valence-corrected chi connectivity index (χ0v) is 18.1. The molecule has 1 N–H and O–H groups in total.